The third kappa shape index (κ3) is 4.72. The molecule has 0 bridgehead atoms. The molecule has 3 rings (SSSR count). The van der Waals surface area contributed by atoms with Crippen LogP contribution in [0.4, 0.5) is 5.69 Å². The van der Waals surface area contributed by atoms with Crippen LogP contribution in [0, 0.1) is 5.92 Å². The first-order valence-electron chi connectivity index (χ1n) is 9.32. The molecular formula is C22H26N2O2. The van der Waals surface area contributed by atoms with E-state index < -0.39 is 0 Å². The molecule has 1 unspecified atom stereocenters. The SMILES string of the molecule is CC(CC(=O)N1CCC(C(=O)Nc2ccccc2)CC1)c1ccccc1. The van der Waals surface area contributed by atoms with E-state index >= 15 is 0 Å². The van der Waals surface area contributed by atoms with Gasteiger partial charge in [-0.25, -0.2) is 0 Å². The van der Waals surface area contributed by atoms with E-state index in [0.29, 0.717) is 19.5 Å². The maximum atomic E-state index is 12.6. The molecule has 2 aromatic carbocycles. The van der Waals surface area contributed by atoms with Crippen molar-refractivity contribution in [1.82, 2.24) is 4.90 Å². The van der Waals surface area contributed by atoms with Gasteiger partial charge in [-0.1, -0.05) is 55.5 Å². The number of benzene rings is 2. The van der Waals surface area contributed by atoms with Crippen molar-refractivity contribution in [3.05, 3.63) is 66.2 Å². The molecule has 136 valence electrons. The fourth-order valence-corrected chi connectivity index (χ4v) is 3.45. The summed E-state index contributed by atoms with van der Waals surface area (Å²) in [5.74, 6) is 0.429. The zero-order valence-electron chi connectivity index (χ0n) is 15.2. The van der Waals surface area contributed by atoms with Crippen LogP contribution < -0.4 is 5.32 Å². The minimum atomic E-state index is -0.0224. The fraction of sp³-hybridized carbons (Fsp3) is 0.364. The zero-order valence-corrected chi connectivity index (χ0v) is 15.2. The van der Waals surface area contributed by atoms with E-state index in [2.05, 4.69) is 24.4 Å². The van der Waals surface area contributed by atoms with E-state index in [1.54, 1.807) is 0 Å². The number of para-hydroxylation sites is 1. The number of hydrogen-bond donors (Lipinski definition) is 1. The number of amides is 2. The van der Waals surface area contributed by atoms with Gasteiger partial charge in [0.1, 0.15) is 0 Å². The Labute approximate surface area is 155 Å². The van der Waals surface area contributed by atoms with Crippen molar-refractivity contribution in [3.8, 4) is 0 Å². The minimum absolute atomic E-state index is 0.0224. The monoisotopic (exact) mass is 350 g/mol. The standard InChI is InChI=1S/C22H26N2O2/c1-17(18-8-4-2-5-9-18)16-21(25)24-14-12-19(13-15-24)22(26)23-20-10-6-3-7-11-20/h2-11,17,19H,12-16H2,1H3,(H,23,26). The van der Waals surface area contributed by atoms with Crippen molar-refractivity contribution < 1.29 is 9.59 Å². The van der Waals surface area contributed by atoms with Gasteiger partial charge in [0.2, 0.25) is 11.8 Å². The highest BCUT2D eigenvalue weighted by Gasteiger charge is 2.28. The Kier molecular flexibility index (Phi) is 6.05. The first-order valence-corrected chi connectivity index (χ1v) is 9.32. The first-order chi connectivity index (χ1) is 12.6. The van der Waals surface area contributed by atoms with Gasteiger partial charge < -0.3 is 10.2 Å². The quantitative estimate of drug-likeness (QED) is 0.884. The number of likely N-dealkylation sites (tertiary alicyclic amines) is 1. The number of nitrogens with one attached hydrogen (secondary N) is 1. The first kappa shape index (κ1) is 18.2. The lowest BCUT2D eigenvalue weighted by molar-refractivity contribution is -0.134. The second-order valence-electron chi connectivity index (χ2n) is 7.03. The number of carbonyl (C=O) groups excluding carboxylic acids is 2. The Morgan fingerprint density at radius 3 is 2.19 bits per heavy atom. The molecule has 2 aromatic rings. The molecule has 1 aliphatic heterocycles. The molecule has 0 spiro atoms. The molecule has 1 N–H and O–H groups in total. The molecule has 4 nitrogen and oxygen atoms in total. The van der Waals surface area contributed by atoms with Gasteiger partial charge in [-0.2, -0.15) is 0 Å². The van der Waals surface area contributed by atoms with Gasteiger partial charge in [-0.15, -0.1) is 0 Å². The van der Waals surface area contributed by atoms with Gasteiger partial charge >= 0.3 is 0 Å². The summed E-state index contributed by atoms with van der Waals surface area (Å²) < 4.78 is 0. The number of anilines is 1. The van der Waals surface area contributed by atoms with Crippen LogP contribution in [0.3, 0.4) is 0 Å². The summed E-state index contributed by atoms with van der Waals surface area (Å²) in [7, 11) is 0. The van der Waals surface area contributed by atoms with Gasteiger partial charge in [0, 0.05) is 31.1 Å². The van der Waals surface area contributed by atoms with Gasteiger partial charge in [0.25, 0.3) is 0 Å². The van der Waals surface area contributed by atoms with Crippen LogP contribution in [0.2, 0.25) is 0 Å². The van der Waals surface area contributed by atoms with Crippen LogP contribution in [-0.4, -0.2) is 29.8 Å². The summed E-state index contributed by atoms with van der Waals surface area (Å²) in [4.78, 5) is 26.9. The molecule has 2 amide bonds. The second kappa shape index (κ2) is 8.65. The van der Waals surface area contributed by atoms with E-state index in [1.165, 1.54) is 5.56 Å². The van der Waals surface area contributed by atoms with E-state index in [1.807, 2.05) is 53.4 Å². The lowest BCUT2D eigenvalue weighted by Crippen LogP contribution is -2.41. The van der Waals surface area contributed by atoms with Crippen LogP contribution in [-0.2, 0) is 9.59 Å². The highest BCUT2D eigenvalue weighted by atomic mass is 16.2. The Balaban J connectivity index is 1.47. The lowest BCUT2D eigenvalue weighted by Gasteiger charge is -2.32. The third-order valence-electron chi connectivity index (χ3n) is 5.11. The minimum Gasteiger partial charge on any atom is -0.343 e. The zero-order chi connectivity index (χ0) is 18.4. The smallest absolute Gasteiger partial charge is 0.227 e. The predicted molar refractivity (Wildman–Crippen MR) is 104 cm³/mol. The highest BCUT2D eigenvalue weighted by molar-refractivity contribution is 5.92. The number of carbonyl (C=O) groups is 2. The van der Waals surface area contributed by atoms with E-state index in [0.717, 1.165) is 18.5 Å². The number of nitrogens with zero attached hydrogens (tertiary/aromatic N) is 1. The maximum absolute atomic E-state index is 12.6. The fourth-order valence-electron chi connectivity index (χ4n) is 3.45. The Bertz CT molecular complexity index is 722. The molecule has 1 saturated heterocycles. The summed E-state index contributed by atoms with van der Waals surface area (Å²) >= 11 is 0. The molecule has 1 aliphatic rings. The van der Waals surface area contributed by atoms with Gasteiger partial charge in [-0.3, -0.25) is 9.59 Å². The lowest BCUT2D eigenvalue weighted by atomic mass is 9.93. The maximum Gasteiger partial charge on any atom is 0.227 e. The number of piperidine rings is 1. The summed E-state index contributed by atoms with van der Waals surface area (Å²) in [5.41, 5.74) is 2.02. The van der Waals surface area contributed by atoms with Crippen LogP contribution in [0.25, 0.3) is 0 Å². The van der Waals surface area contributed by atoms with Gasteiger partial charge in [-0.05, 0) is 36.5 Å². The molecule has 1 heterocycles. The number of rotatable bonds is 5. The van der Waals surface area contributed by atoms with Crippen molar-refractivity contribution in [3.63, 3.8) is 0 Å². The summed E-state index contributed by atoms with van der Waals surface area (Å²) in [6, 6.07) is 19.7. The average molecular weight is 350 g/mol. The van der Waals surface area contributed by atoms with Gasteiger partial charge in [0.15, 0.2) is 0 Å². The van der Waals surface area contributed by atoms with Crippen molar-refractivity contribution in [1.29, 1.82) is 0 Å². The van der Waals surface area contributed by atoms with Crippen LogP contribution >= 0.6 is 0 Å². The largest absolute Gasteiger partial charge is 0.343 e. The Morgan fingerprint density at radius 2 is 1.58 bits per heavy atom. The molecule has 0 aliphatic carbocycles. The topological polar surface area (TPSA) is 49.4 Å². The van der Waals surface area contributed by atoms with Crippen LogP contribution in [0.1, 0.15) is 37.7 Å². The molecule has 1 fully saturated rings. The molecule has 0 aromatic heterocycles. The van der Waals surface area contributed by atoms with Crippen LogP contribution in [0.15, 0.2) is 60.7 Å². The van der Waals surface area contributed by atoms with Crippen LogP contribution in [0.5, 0.6) is 0 Å². The molecule has 0 radical (unpaired) electrons. The number of hydrogen-bond acceptors (Lipinski definition) is 2. The molecular weight excluding hydrogens is 324 g/mol. The van der Waals surface area contributed by atoms with E-state index in [-0.39, 0.29) is 23.7 Å². The average Bonchev–Trinajstić information content (AvgIpc) is 2.69. The molecule has 4 heteroatoms. The summed E-state index contributed by atoms with van der Waals surface area (Å²) in [5, 5.41) is 2.97. The van der Waals surface area contributed by atoms with E-state index in [4.69, 9.17) is 0 Å². The van der Waals surface area contributed by atoms with E-state index in [9.17, 15) is 9.59 Å². The van der Waals surface area contributed by atoms with Crippen molar-refractivity contribution in [2.75, 3.05) is 18.4 Å². The molecule has 26 heavy (non-hydrogen) atoms. The normalized spacial score (nSPS) is 16.1. The second-order valence-corrected chi connectivity index (χ2v) is 7.03. The highest BCUT2D eigenvalue weighted by Crippen LogP contribution is 2.23. The van der Waals surface area contributed by atoms with Crippen molar-refractivity contribution in [2.45, 2.75) is 32.1 Å². The Hall–Kier alpha value is -2.62. The third-order valence-corrected chi connectivity index (χ3v) is 5.11. The van der Waals surface area contributed by atoms with Crippen molar-refractivity contribution >= 4 is 17.5 Å². The Morgan fingerprint density at radius 1 is 1.00 bits per heavy atom. The predicted octanol–water partition coefficient (Wildman–Crippen LogP) is 4.06. The van der Waals surface area contributed by atoms with Gasteiger partial charge in [0.05, 0.1) is 0 Å². The molecule has 0 saturated carbocycles. The summed E-state index contributed by atoms with van der Waals surface area (Å²) in [6.07, 6.45) is 1.97. The summed E-state index contributed by atoms with van der Waals surface area (Å²) in [6.45, 7) is 3.41. The van der Waals surface area contributed by atoms with Crippen molar-refractivity contribution in [2.24, 2.45) is 5.92 Å². The molecule has 1 atom stereocenters.